The summed E-state index contributed by atoms with van der Waals surface area (Å²) < 4.78 is 5.48. The number of nitrogens with zero attached hydrogens (tertiary/aromatic N) is 1. The molecule has 0 radical (unpaired) electrons. The summed E-state index contributed by atoms with van der Waals surface area (Å²) in [6.07, 6.45) is 0.230. The zero-order chi connectivity index (χ0) is 15.1. The highest BCUT2D eigenvalue weighted by molar-refractivity contribution is 5.91. The first-order chi connectivity index (χ1) is 9.09. The maximum Gasteiger partial charge on any atom is 0.415 e. The van der Waals surface area contributed by atoms with E-state index in [4.69, 9.17) is 4.74 Å². The zero-order valence-electron chi connectivity index (χ0n) is 12.8. The van der Waals surface area contributed by atoms with Crippen molar-refractivity contribution in [1.82, 2.24) is 0 Å². The van der Waals surface area contributed by atoms with Crippen molar-refractivity contribution in [3.63, 3.8) is 0 Å². The number of hydrogen-bond acceptors (Lipinski definition) is 3. The van der Waals surface area contributed by atoms with E-state index in [0.29, 0.717) is 6.42 Å². The molecule has 1 aromatic carbocycles. The van der Waals surface area contributed by atoms with E-state index in [9.17, 15) is 9.90 Å². The second-order valence-electron chi connectivity index (χ2n) is 6.85. The van der Waals surface area contributed by atoms with Gasteiger partial charge >= 0.3 is 6.09 Å². The van der Waals surface area contributed by atoms with Crippen LogP contribution in [0.1, 0.15) is 40.2 Å². The van der Waals surface area contributed by atoms with Crippen LogP contribution >= 0.6 is 0 Å². The molecule has 1 aromatic rings. The number of para-hydroxylation sites is 1. The molecule has 1 heterocycles. The Morgan fingerprint density at radius 1 is 1.25 bits per heavy atom. The number of amides is 1. The Morgan fingerprint density at radius 3 is 2.40 bits per heavy atom. The predicted octanol–water partition coefficient (Wildman–Crippen LogP) is 3.12. The number of anilines is 1. The second kappa shape index (κ2) is 4.77. The molecule has 0 saturated heterocycles. The average molecular weight is 277 g/mol. The van der Waals surface area contributed by atoms with Crippen LogP contribution in [0.25, 0.3) is 0 Å². The first kappa shape index (κ1) is 14.9. The molecule has 1 aliphatic heterocycles. The van der Waals surface area contributed by atoms with E-state index in [1.54, 1.807) is 18.7 Å². The summed E-state index contributed by atoms with van der Waals surface area (Å²) in [6, 6.07) is 7.40. The fraction of sp³-hybridized carbons (Fsp3) is 0.562. The largest absolute Gasteiger partial charge is 0.443 e. The lowest BCUT2D eigenvalue weighted by Crippen LogP contribution is -2.51. The third-order valence-corrected chi connectivity index (χ3v) is 3.38. The Hall–Kier alpha value is -1.55. The number of benzene rings is 1. The molecule has 1 unspecified atom stereocenters. The van der Waals surface area contributed by atoms with Crippen LogP contribution in [0.3, 0.4) is 0 Å². The quantitative estimate of drug-likeness (QED) is 0.858. The molecule has 20 heavy (non-hydrogen) atoms. The molecule has 1 aliphatic rings. The van der Waals surface area contributed by atoms with Gasteiger partial charge in [-0.05, 0) is 52.7 Å². The number of fused-ring (bicyclic) bond motifs is 1. The first-order valence-corrected chi connectivity index (χ1v) is 6.92. The lowest BCUT2D eigenvalue weighted by atomic mass is 9.95. The standard InChI is InChI=1S/C16H23NO3/c1-15(2,3)20-14(18)17-12-9-7-6-8-11(12)10-13(17)16(4,5)19/h6-9,13,19H,10H2,1-5H3. The second-order valence-corrected chi connectivity index (χ2v) is 6.85. The summed E-state index contributed by atoms with van der Waals surface area (Å²) in [7, 11) is 0. The molecule has 1 amide bonds. The number of aliphatic hydroxyl groups is 1. The van der Waals surface area contributed by atoms with E-state index in [1.165, 1.54) is 0 Å². The van der Waals surface area contributed by atoms with Crippen molar-refractivity contribution in [3.8, 4) is 0 Å². The van der Waals surface area contributed by atoms with Crippen molar-refractivity contribution in [2.45, 2.75) is 58.3 Å². The maximum absolute atomic E-state index is 12.5. The molecular weight excluding hydrogens is 254 g/mol. The molecule has 0 fully saturated rings. The molecule has 110 valence electrons. The van der Waals surface area contributed by atoms with Gasteiger partial charge < -0.3 is 9.84 Å². The molecular formula is C16H23NO3. The molecule has 1 N–H and O–H groups in total. The van der Waals surface area contributed by atoms with Crippen LogP contribution in [0.2, 0.25) is 0 Å². The van der Waals surface area contributed by atoms with E-state index < -0.39 is 17.3 Å². The highest BCUT2D eigenvalue weighted by Gasteiger charge is 2.43. The molecule has 4 nitrogen and oxygen atoms in total. The van der Waals surface area contributed by atoms with Crippen molar-refractivity contribution in [2.24, 2.45) is 0 Å². The van der Waals surface area contributed by atoms with Gasteiger partial charge in [0, 0.05) is 0 Å². The van der Waals surface area contributed by atoms with Crippen molar-refractivity contribution in [1.29, 1.82) is 0 Å². The minimum absolute atomic E-state index is 0.310. The fourth-order valence-electron chi connectivity index (χ4n) is 2.49. The molecule has 0 aromatic heterocycles. The van der Waals surface area contributed by atoms with E-state index >= 15 is 0 Å². The van der Waals surface area contributed by atoms with Gasteiger partial charge in [-0.25, -0.2) is 4.79 Å². The summed E-state index contributed by atoms with van der Waals surface area (Å²) in [5.41, 5.74) is 0.341. The van der Waals surface area contributed by atoms with E-state index in [2.05, 4.69) is 0 Å². The molecule has 0 spiro atoms. The van der Waals surface area contributed by atoms with E-state index in [0.717, 1.165) is 11.3 Å². The maximum atomic E-state index is 12.5. The van der Waals surface area contributed by atoms with Crippen LogP contribution in [-0.2, 0) is 11.2 Å². The topological polar surface area (TPSA) is 49.8 Å². The molecule has 0 aliphatic carbocycles. The van der Waals surface area contributed by atoms with Gasteiger partial charge in [-0.2, -0.15) is 0 Å². The fourth-order valence-corrected chi connectivity index (χ4v) is 2.49. The Morgan fingerprint density at radius 2 is 1.85 bits per heavy atom. The van der Waals surface area contributed by atoms with Gasteiger partial charge in [0.05, 0.1) is 17.3 Å². The monoisotopic (exact) mass is 277 g/mol. The molecule has 1 atom stereocenters. The van der Waals surface area contributed by atoms with E-state index in [1.807, 2.05) is 45.0 Å². The highest BCUT2D eigenvalue weighted by Crippen LogP contribution is 2.37. The first-order valence-electron chi connectivity index (χ1n) is 6.92. The lowest BCUT2D eigenvalue weighted by Gasteiger charge is -2.35. The van der Waals surface area contributed by atoms with Crippen molar-refractivity contribution >= 4 is 11.8 Å². The van der Waals surface area contributed by atoms with Crippen LogP contribution in [0.15, 0.2) is 24.3 Å². The molecule has 2 rings (SSSR count). The normalized spacial score (nSPS) is 18.9. The van der Waals surface area contributed by atoms with Gasteiger partial charge in [0.2, 0.25) is 0 Å². The third kappa shape index (κ3) is 2.96. The van der Waals surface area contributed by atoms with E-state index in [-0.39, 0.29) is 6.04 Å². The number of carbonyl (C=O) groups excluding carboxylic acids is 1. The average Bonchev–Trinajstić information content (AvgIpc) is 2.65. The summed E-state index contributed by atoms with van der Waals surface area (Å²) in [6.45, 7) is 8.96. The highest BCUT2D eigenvalue weighted by atomic mass is 16.6. The minimum atomic E-state index is -0.990. The smallest absolute Gasteiger partial charge is 0.415 e. The van der Waals surface area contributed by atoms with Crippen LogP contribution < -0.4 is 4.90 Å². The number of carbonyl (C=O) groups is 1. The third-order valence-electron chi connectivity index (χ3n) is 3.38. The van der Waals surface area contributed by atoms with Gasteiger partial charge in [0.15, 0.2) is 0 Å². The van der Waals surface area contributed by atoms with Gasteiger partial charge in [-0.3, -0.25) is 4.90 Å². The number of rotatable bonds is 1. The Labute approximate surface area is 120 Å². The van der Waals surface area contributed by atoms with Crippen LogP contribution in [0.5, 0.6) is 0 Å². The summed E-state index contributed by atoms with van der Waals surface area (Å²) in [5.74, 6) is 0. The zero-order valence-corrected chi connectivity index (χ0v) is 12.8. The SMILES string of the molecule is CC(C)(C)OC(=O)N1c2ccccc2CC1C(C)(C)O. The van der Waals surface area contributed by atoms with Crippen molar-refractivity contribution < 1.29 is 14.6 Å². The molecule has 0 saturated carbocycles. The van der Waals surface area contributed by atoms with Gasteiger partial charge in [-0.15, -0.1) is 0 Å². The molecule has 0 bridgehead atoms. The van der Waals surface area contributed by atoms with Gasteiger partial charge in [0.25, 0.3) is 0 Å². The minimum Gasteiger partial charge on any atom is -0.443 e. The van der Waals surface area contributed by atoms with Crippen molar-refractivity contribution in [2.75, 3.05) is 4.90 Å². The summed E-state index contributed by atoms with van der Waals surface area (Å²) >= 11 is 0. The number of hydrogen-bond donors (Lipinski definition) is 1. The Kier molecular flexibility index (Phi) is 3.54. The summed E-state index contributed by atoms with van der Waals surface area (Å²) in [5, 5.41) is 10.4. The predicted molar refractivity (Wildman–Crippen MR) is 78.9 cm³/mol. The van der Waals surface area contributed by atoms with Crippen LogP contribution in [0.4, 0.5) is 10.5 Å². The molecule has 4 heteroatoms. The number of ether oxygens (including phenoxy) is 1. The van der Waals surface area contributed by atoms with Crippen LogP contribution in [0, 0.1) is 0 Å². The van der Waals surface area contributed by atoms with Crippen molar-refractivity contribution in [3.05, 3.63) is 29.8 Å². The van der Waals surface area contributed by atoms with Gasteiger partial charge in [-0.1, -0.05) is 18.2 Å². The lowest BCUT2D eigenvalue weighted by molar-refractivity contribution is 0.0320. The van der Waals surface area contributed by atoms with Crippen LogP contribution in [-0.4, -0.2) is 28.4 Å². The van der Waals surface area contributed by atoms with Gasteiger partial charge in [0.1, 0.15) is 5.60 Å². The Bertz CT molecular complexity index is 511. The summed E-state index contributed by atoms with van der Waals surface area (Å²) in [4.78, 5) is 14.1. The Balaban J connectivity index is 2.37.